The molecule has 0 spiro atoms. The van der Waals surface area contributed by atoms with Gasteiger partial charge in [-0.15, -0.1) is 0 Å². The first-order valence-corrected chi connectivity index (χ1v) is 10.1. The molecule has 0 N–H and O–H groups in total. The highest BCUT2D eigenvalue weighted by Crippen LogP contribution is 2.26. The van der Waals surface area contributed by atoms with E-state index in [0.29, 0.717) is 22.7 Å². The van der Waals surface area contributed by atoms with E-state index in [0.717, 1.165) is 22.0 Å². The summed E-state index contributed by atoms with van der Waals surface area (Å²) in [6.07, 6.45) is 6.88. The van der Waals surface area contributed by atoms with Crippen molar-refractivity contribution in [2.24, 2.45) is 0 Å². The van der Waals surface area contributed by atoms with Crippen molar-refractivity contribution < 1.29 is 9.32 Å². The Hall–Kier alpha value is -4.39. The third-order valence-electron chi connectivity index (χ3n) is 5.16. The Morgan fingerprint density at radius 2 is 1.62 bits per heavy atom. The quantitative estimate of drug-likeness (QED) is 0.412. The molecule has 7 nitrogen and oxygen atoms in total. The number of pyridine rings is 3. The van der Waals surface area contributed by atoms with Gasteiger partial charge >= 0.3 is 0 Å². The van der Waals surface area contributed by atoms with Crippen LogP contribution in [0.5, 0.6) is 0 Å². The van der Waals surface area contributed by atoms with Crippen molar-refractivity contribution in [2.75, 3.05) is 7.05 Å². The van der Waals surface area contributed by atoms with E-state index in [1.165, 1.54) is 0 Å². The molecule has 32 heavy (non-hydrogen) atoms. The van der Waals surface area contributed by atoms with Gasteiger partial charge in [0, 0.05) is 54.4 Å². The van der Waals surface area contributed by atoms with E-state index in [-0.39, 0.29) is 12.5 Å². The van der Waals surface area contributed by atoms with Gasteiger partial charge in [0.1, 0.15) is 5.69 Å². The molecule has 0 bridgehead atoms. The van der Waals surface area contributed by atoms with Crippen LogP contribution < -0.4 is 0 Å². The molecule has 5 aromatic rings. The van der Waals surface area contributed by atoms with Crippen molar-refractivity contribution in [1.82, 2.24) is 25.0 Å². The van der Waals surface area contributed by atoms with E-state index in [1.54, 1.807) is 36.7 Å². The summed E-state index contributed by atoms with van der Waals surface area (Å²) in [5.74, 6) is 0.457. The number of carbonyl (C=O) groups excluding carboxylic acids is 1. The maximum Gasteiger partial charge on any atom is 0.254 e. The second-order valence-electron chi connectivity index (χ2n) is 7.40. The molecule has 0 atom stereocenters. The van der Waals surface area contributed by atoms with Crippen LogP contribution in [0.15, 0.2) is 90.0 Å². The SMILES string of the molecule is CN(Cc1cc(-c2cccnc2)no1)C(=O)c1cc(-c2cccnc2)nc2ccccc12. The van der Waals surface area contributed by atoms with Gasteiger partial charge in [-0.25, -0.2) is 4.98 Å². The minimum atomic E-state index is -0.131. The number of hydrogen-bond acceptors (Lipinski definition) is 6. The van der Waals surface area contributed by atoms with E-state index in [9.17, 15) is 4.79 Å². The predicted octanol–water partition coefficient (Wildman–Crippen LogP) is 4.62. The lowest BCUT2D eigenvalue weighted by Gasteiger charge is -2.17. The Kier molecular flexibility index (Phi) is 5.13. The van der Waals surface area contributed by atoms with E-state index >= 15 is 0 Å². The van der Waals surface area contributed by atoms with E-state index in [2.05, 4.69) is 15.1 Å². The zero-order chi connectivity index (χ0) is 21.9. The molecule has 1 amide bonds. The lowest BCUT2D eigenvalue weighted by molar-refractivity contribution is 0.0774. The van der Waals surface area contributed by atoms with Crippen LogP contribution >= 0.6 is 0 Å². The predicted molar refractivity (Wildman–Crippen MR) is 121 cm³/mol. The molecule has 0 saturated heterocycles. The van der Waals surface area contributed by atoms with Gasteiger partial charge in [-0.2, -0.15) is 0 Å². The Labute approximate surface area is 184 Å². The van der Waals surface area contributed by atoms with Crippen LogP contribution in [-0.4, -0.2) is 38.0 Å². The number of hydrogen-bond donors (Lipinski definition) is 0. The Bertz CT molecular complexity index is 1380. The average molecular weight is 421 g/mol. The summed E-state index contributed by atoms with van der Waals surface area (Å²) in [5, 5.41) is 4.90. The maximum absolute atomic E-state index is 13.4. The van der Waals surface area contributed by atoms with Crippen LogP contribution in [0.2, 0.25) is 0 Å². The number of aromatic nitrogens is 4. The average Bonchev–Trinajstić information content (AvgIpc) is 3.32. The van der Waals surface area contributed by atoms with Gasteiger partial charge in [0.25, 0.3) is 5.91 Å². The molecule has 4 heterocycles. The topological polar surface area (TPSA) is 85.0 Å². The fourth-order valence-corrected chi connectivity index (χ4v) is 3.56. The minimum absolute atomic E-state index is 0.131. The van der Waals surface area contributed by atoms with Crippen LogP contribution in [0.4, 0.5) is 0 Å². The highest BCUT2D eigenvalue weighted by molar-refractivity contribution is 6.07. The molecule has 1 aromatic carbocycles. The zero-order valence-electron chi connectivity index (χ0n) is 17.3. The first kappa shape index (κ1) is 19.6. The fraction of sp³-hybridized carbons (Fsp3) is 0.0800. The van der Waals surface area contributed by atoms with Crippen molar-refractivity contribution >= 4 is 16.8 Å². The van der Waals surface area contributed by atoms with Gasteiger partial charge in [-0.3, -0.25) is 14.8 Å². The van der Waals surface area contributed by atoms with Gasteiger partial charge in [0.2, 0.25) is 0 Å². The van der Waals surface area contributed by atoms with E-state index < -0.39 is 0 Å². The van der Waals surface area contributed by atoms with Crippen molar-refractivity contribution in [2.45, 2.75) is 6.54 Å². The third kappa shape index (κ3) is 3.83. The number of fused-ring (bicyclic) bond motifs is 1. The van der Waals surface area contributed by atoms with Crippen molar-refractivity contribution in [3.05, 3.63) is 96.8 Å². The summed E-state index contributed by atoms with van der Waals surface area (Å²) in [6.45, 7) is 0.283. The van der Waals surface area contributed by atoms with Crippen molar-refractivity contribution in [3.63, 3.8) is 0 Å². The van der Waals surface area contributed by atoms with E-state index in [1.807, 2.05) is 60.7 Å². The Morgan fingerprint density at radius 3 is 2.34 bits per heavy atom. The molecule has 0 radical (unpaired) electrons. The van der Waals surface area contributed by atoms with Gasteiger partial charge in [-0.1, -0.05) is 23.4 Å². The summed E-state index contributed by atoms with van der Waals surface area (Å²) in [4.78, 5) is 28.1. The van der Waals surface area contributed by atoms with Gasteiger partial charge < -0.3 is 9.42 Å². The molecule has 0 unspecified atom stereocenters. The molecule has 0 aliphatic heterocycles. The molecule has 7 heteroatoms. The monoisotopic (exact) mass is 421 g/mol. The summed E-state index contributed by atoms with van der Waals surface area (Å²) in [7, 11) is 1.74. The van der Waals surface area contributed by atoms with E-state index in [4.69, 9.17) is 9.51 Å². The van der Waals surface area contributed by atoms with Gasteiger partial charge in [-0.05, 0) is 36.4 Å². The molecule has 156 valence electrons. The second-order valence-corrected chi connectivity index (χ2v) is 7.40. The van der Waals surface area contributed by atoms with Crippen LogP contribution in [-0.2, 0) is 6.54 Å². The summed E-state index contributed by atoms with van der Waals surface area (Å²) in [5.41, 5.74) is 4.42. The normalized spacial score (nSPS) is 10.9. The molecular weight excluding hydrogens is 402 g/mol. The largest absolute Gasteiger partial charge is 0.359 e. The standard InChI is InChI=1S/C25H19N5O2/c1-30(16-19-12-24(29-32-19)18-7-5-11-27-15-18)25(31)21-13-23(17-6-4-10-26-14-17)28-22-9-3-2-8-20(21)22/h2-15H,16H2,1H3. The smallest absolute Gasteiger partial charge is 0.254 e. The van der Waals surface area contributed by atoms with Crippen LogP contribution in [0.25, 0.3) is 33.4 Å². The molecule has 4 aromatic heterocycles. The summed E-state index contributed by atoms with van der Waals surface area (Å²) < 4.78 is 5.46. The molecule has 0 fully saturated rings. The number of para-hydroxylation sites is 1. The number of amides is 1. The number of rotatable bonds is 5. The lowest BCUT2D eigenvalue weighted by atomic mass is 10.0. The van der Waals surface area contributed by atoms with Crippen molar-refractivity contribution in [1.29, 1.82) is 0 Å². The molecular formula is C25H19N5O2. The summed E-state index contributed by atoms with van der Waals surface area (Å²) >= 11 is 0. The first-order valence-electron chi connectivity index (χ1n) is 10.1. The molecule has 0 aliphatic rings. The van der Waals surface area contributed by atoms with Crippen LogP contribution in [0.3, 0.4) is 0 Å². The third-order valence-corrected chi connectivity index (χ3v) is 5.16. The minimum Gasteiger partial charge on any atom is -0.359 e. The highest BCUT2D eigenvalue weighted by atomic mass is 16.5. The van der Waals surface area contributed by atoms with Gasteiger partial charge in [0.15, 0.2) is 5.76 Å². The van der Waals surface area contributed by atoms with Gasteiger partial charge in [0.05, 0.1) is 23.3 Å². The Morgan fingerprint density at radius 1 is 0.906 bits per heavy atom. The fourth-order valence-electron chi connectivity index (χ4n) is 3.56. The maximum atomic E-state index is 13.4. The number of benzene rings is 1. The van der Waals surface area contributed by atoms with Crippen molar-refractivity contribution in [3.8, 4) is 22.5 Å². The van der Waals surface area contributed by atoms with Crippen LogP contribution in [0.1, 0.15) is 16.1 Å². The molecule has 0 aliphatic carbocycles. The summed E-state index contributed by atoms with van der Waals surface area (Å²) in [6, 6.07) is 18.8. The second kappa shape index (κ2) is 8.39. The highest BCUT2D eigenvalue weighted by Gasteiger charge is 2.19. The molecule has 0 saturated carbocycles. The number of nitrogens with zero attached hydrogens (tertiary/aromatic N) is 5. The Balaban J connectivity index is 1.46. The van der Waals surface area contributed by atoms with Crippen LogP contribution in [0, 0.1) is 0 Å². The lowest BCUT2D eigenvalue weighted by Crippen LogP contribution is -2.26. The number of carbonyl (C=O) groups is 1. The first-order chi connectivity index (χ1) is 15.7. The zero-order valence-corrected chi connectivity index (χ0v) is 17.3. The molecule has 5 rings (SSSR count).